The molecular weight excluding hydrogens is 386 g/mol. The SMILES string of the molecule is COCCNC(=O)c1cc2cc(NC(=O)c3cccs3)ccc2n1CCC(C)C. The molecule has 0 aliphatic heterocycles. The lowest BCUT2D eigenvalue weighted by atomic mass is 10.1. The topological polar surface area (TPSA) is 72.4 Å². The molecule has 0 saturated carbocycles. The minimum Gasteiger partial charge on any atom is -0.383 e. The first kappa shape index (κ1) is 21.1. The van der Waals surface area contributed by atoms with E-state index in [1.165, 1.54) is 11.3 Å². The number of anilines is 1. The van der Waals surface area contributed by atoms with Crippen molar-refractivity contribution >= 4 is 39.7 Å². The van der Waals surface area contributed by atoms with Gasteiger partial charge in [-0.05, 0) is 48.1 Å². The van der Waals surface area contributed by atoms with Crippen molar-refractivity contribution in [2.24, 2.45) is 5.92 Å². The van der Waals surface area contributed by atoms with E-state index in [0.29, 0.717) is 35.3 Å². The summed E-state index contributed by atoms with van der Waals surface area (Å²) in [4.78, 5) is 25.7. The van der Waals surface area contributed by atoms with Gasteiger partial charge in [0.15, 0.2) is 0 Å². The summed E-state index contributed by atoms with van der Waals surface area (Å²) in [5.41, 5.74) is 2.32. The average molecular weight is 414 g/mol. The molecule has 0 bridgehead atoms. The summed E-state index contributed by atoms with van der Waals surface area (Å²) in [5.74, 6) is 0.281. The standard InChI is InChI=1S/C22H27N3O3S/c1-15(2)8-10-25-18-7-6-17(24-22(27)20-5-4-12-29-20)13-16(18)14-19(25)21(26)23-9-11-28-3/h4-7,12-15H,8-11H2,1-3H3,(H,23,26)(H,24,27). The summed E-state index contributed by atoms with van der Waals surface area (Å²) in [6.45, 7) is 6.03. The number of nitrogens with one attached hydrogen (secondary N) is 2. The van der Waals surface area contributed by atoms with Gasteiger partial charge >= 0.3 is 0 Å². The highest BCUT2D eigenvalue weighted by molar-refractivity contribution is 7.12. The van der Waals surface area contributed by atoms with E-state index in [9.17, 15) is 9.59 Å². The van der Waals surface area contributed by atoms with Crippen LogP contribution in [0.25, 0.3) is 10.9 Å². The van der Waals surface area contributed by atoms with Gasteiger partial charge in [-0.1, -0.05) is 19.9 Å². The van der Waals surface area contributed by atoms with Gasteiger partial charge in [0, 0.05) is 36.8 Å². The summed E-state index contributed by atoms with van der Waals surface area (Å²) in [6.07, 6.45) is 0.971. The number of hydrogen-bond donors (Lipinski definition) is 2. The van der Waals surface area contributed by atoms with Gasteiger partial charge in [0.25, 0.3) is 11.8 Å². The van der Waals surface area contributed by atoms with Gasteiger partial charge < -0.3 is 19.9 Å². The van der Waals surface area contributed by atoms with Crippen molar-refractivity contribution in [3.8, 4) is 0 Å². The van der Waals surface area contributed by atoms with E-state index < -0.39 is 0 Å². The van der Waals surface area contributed by atoms with Crippen molar-refractivity contribution in [3.05, 3.63) is 52.3 Å². The third-order valence-corrected chi connectivity index (χ3v) is 5.53. The smallest absolute Gasteiger partial charge is 0.268 e. The van der Waals surface area contributed by atoms with E-state index >= 15 is 0 Å². The molecule has 0 aliphatic rings. The molecule has 3 rings (SSSR count). The molecule has 154 valence electrons. The zero-order chi connectivity index (χ0) is 20.8. The highest BCUT2D eigenvalue weighted by Crippen LogP contribution is 2.25. The lowest BCUT2D eigenvalue weighted by Crippen LogP contribution is -2.29. The Balaban J connectivity index is 1.88. The Morgan fingerprint density at radius 2 is 2.00 bits per heavy atom. The van der Waals surface area contributed by atoms with E-state index in [1.54, 1.807) is 13.2 Å². The van der Waals surface area contributed by atoms with Crippen LogP contribution in [-0.4, -0.2) is 36.6 Å². The number of methoxy groups -OCH3 is 1. The van der Waals surface area contributed by atoms with Gasteiger partial charge in [0.1, 0.15) is 5.69 Å². The zero-order valence-corrected chi connectivity index (χ0v) is 17.8. The number of carbonyl (C=O) groups excluding carboxylic acids is 2. The summed E-state index contributed by atoms with van der Waals surface area (Å²) < 4.78 is 7.08. The Hall–Kier alpha value is -2.64. The Labute approximate surface area is 174 Å². The molecule has 2 N–H and O–H groups in total. The normalized spacial score (nSPS) is 11.2. The fourth-order valence-corrected chi connectivity index (χ4v) is 3.74. The van der Waals surface area contributed by atoms with Gasteiger partial charge in [-0.2, -0.15) is 0 Å². The van der Waals surface area contributed by atoms with Crippen LogP contribution in [-0.2, 0) is 11.3 Å². The number of amides is 2. The van der Waals surface area contributed by atoms with Crippen molar-refractivity contribution in [3.63, 3.8) is 0 Å². The van der Waals surface area contributed by atoms with E-state index in [-0.39, 0.29) is 11.8 Å². The molecule has 0 spiro atoms. The molecule has 2 heterocycles. The molecule has 2 amide bonds. The molecule has 6 nitrogen and oxygen atoms in total. The Kier molecular flexibility index (Phi) is 7.06. The number of carbonyl (C=O) groups is 2. The molecule has 0 unspecified atom stereocenters. The Morgan fingerprint density at radius 3 is 2.69 bits per heavy atom. The maximum Gasteiger partial charge on any atom is 0.268 e. The molecule has 2 aromatic heterocycles. The maximum atomic E-state index is 12.7. The van der Waals surface area contributed by atoms with Gasteiger partial charge in [-0.25, -0.2) is 0 Å². The van der Waals surface area contributed by atoms with Crippen LogP contribution in [0.5, 0.6) is 0 Å². The van der Waals surface area contributed by atoms with Gasteiger partial charge in [-0.3, -0.25) is 9.59 Å². The Bertz CT molecular complexity index is 977. The first-order valence-corrected chi connectivity index (χ1v) is 10.6. The highest BCUT2D eigenvalue weighted by atomic mass is 32.1. The molecule has 3 aromatic rings. The number of nitrogens with zero attached hydrogens (tertiary/aromatic N) is 1. The van der Waals surface area contributed by atoms with E-state index in [2.05, 4.69) is 29.0 Å². The van der Waals surface area contributed by atoms with Crippen LogP contribution in [0.15, 0.2) is 41.8 Å². The number of ether oxygens (including phenoxy) is 1. The van der Waals surface area contributed by atoms with Gasteiger partial charge in [-0.15, -0.1) is 11.3 Å². The van der Waals surface area contributed by atoms with Crippen molar-refractivity contribution < 1.29 is 14.3 Å². The van der Waals surface area contributed by atoms with Crippen molar-refractivity contribution in [2.75, 3.05) is 25.6 Å². The van der Waals surface area contributed by atoms with E-state index in [4.69, 9.17) is 4.74 Å². The molecule has 0 saturated heterocycles. The van der Waals surface area contributed by atoms with E-state index in [0.717, 1.165) is 23.9 Å². The van der Waals surface area contributed by atoms with Crippen LogP contribution in [0.1, 0.15) is 40.4 Å². The molecule has 29 heavy (non-hydrogen) atoms. The van der Waals surface area contributed by atoms with Crippen LogP contribution in [0.3, 0.4) is 0 Å². The third-order valence-electron chi connectivity index (χ3n) is 4.66. The Morgan fingerprint density at radius 1 is 1.17 bits per heavy atom. The molecule has 0 fully saturated rings. The number of aryl methyl sites for hydroxylation is 1. The summed E-state index contributed by atoms with van der Waals surface area (Å²) in [5, 5.41) is 8.63. The first-order valence-electron chi connectivity index (χ1n) is 9.75. The fraction of sp³-hybridized carbons (Fsp3) is 0.364. The second-order valence-corrected chi connectivity index (χ2v) is 8.27. The molecule has 0 atom stereocenters. The molecule has 0 radical (unpaired) electrons. The number of hydrogen-bond acceptors (Lipinski definition) is 4. The van der Waals surface area contributed by atoms with Crippen LogP contribution in [0.2, 0.25) is 0 Å². The fourth-order valence-electron chi connectivity index (χ4n) is 3.12. The third kappa shape index (κ3) is 5.25. The molecule has 1 aromatic carbocycles. The minimum atomic E-state index is -0.129. The van der Waals surface area contributed by atoms with Crippen LogP contribution in [0.4, 0.5) is 5.69 Å². The lowest BCUT2D eigenvalue weighted by Gasteiger charge is -2.13. The summed E-state index contributed by atoms with van der Waals surface area (Å²) in [7, 11) is 1.61. The van der Waals surface area contributed by atoms with Crippen molar-refractivity contribution in [2.45, 2.75) is 26.8 Å². The van der Waals surface area contributed by atoms with Gasteiger partial charge in [0.2, 0.25) is 0 Å². The second-order valence-electron chi connectivity index (χ2n) is 7.32. The number of benzene rings is 1. The maximum absolute atomic E-state index is 12.7. The molecule has 0 aliphatic carbocycles. The van der Waals surface area contributed by atoms with Crippen molar-refractivity contribution in [1.29, 1.82) is 0 Å². The van der Waals surface area contributed by atoms with Crippen LogP contribution >= 0.6 is 11.3 Å². The summed E-state index contributed by atoms with van der Waals surface area (Å²) in [6, 6.07) is 11.3. The van der Waals surface area contributed by atoms with Crippen LogP contribution in [0, 0.1) is 5.92 Å². The number of aromatic nitrogens is 1. The number of fused-ring (bicyclic) bond motifs is 1. The second kappa shape index (κ2) is 9.71. The number of rotatable bonds is 9. The molecule has 7 heteroatoms. The largest absolute Gasteiger partial charge is 0.383 e. The lowest BCUT2D eigenvalue weighted by molar-refractivity contribution is 0.0927. The predicted molar refractivity (Wildman–Crippen MR) is 118 cm³/mol. The first-order chi connectivity index (χ1) is 14.0. The van der Waals surface area contributed by atoms with Crippen molar-refractivity contribution in [1.82, 2.24) is 9.88 Å². The quantitative estimate of drug-likeness (QED) is 0.512. The predicted octanol–water partition coefficient (Wildman–Crippen LogP) is 4.38. The van der Waals surface area contributed by atoms with Gasteiger partial charge in [0.05, 0.1) is 11.5 Å². The zero-order valence-electron chi connectivity index (χ0n) is 17.0. The number of thiophene rings is 1. The summed E-state index contributed by atoms with van der Waals surface area (Å²) >= 11 is 1.40. The highest BCUT2D eigenvalue weighted by Gasteiger charge is 2.16. The van der Waals surface area contributed by atoms with E-state index in [1.807, 2.05) is 35.7 Å². The monoisotopic (exact) mass is 413 g/mol. The average Bonchev–Trinajstić information content (AvgIpc) is 3.34. The van der Waals surface area contributed by atoms with Crippen LogP contribution < -0.4 is 10.6 Å². The minimum absolute atomic E-state index is 0.119. The molecular formula is C22H27N3O3S.